The lowest BCUT2D eigenvalue weighted by Gasteiger charge is -2.35. The van der Waals surface area contributed by atoms with Gasteiger partial charge in [-0.05, 0) is 172 Å². The van der Waals surface area contributed by atoms with E-state index in [0.717, 1.165) is 59.0 Å². The van der Waals surface area contributed by atoms with Gasteiger partial charge in [0.1, 0.15) is 0 Å². The van der Waals surface area contributed by atoms with Gasteiger partial charge >= 0.3 is 0 Å². The van der Waals surface area contributed by atoms with Crippen molar-refractivity contribution in [1.29, 1.82) is 0 Å². The number of benzene rings is 12. The highest BCUT2D eigenvalue weighted by atomic mass is 79.9. The number of halogens is 2. The van der Waals surface area contributed by atoms with Crippen molar-refractivity contribution in [3.63, 3.8) is 0 Å². The zero-order valence-electron chi connectivity index (χ0n) is 43.5. The Morgan fingerprint density at radius 2 is 0.646 bits per heavy atom. The fourth-order valence-corrected chi connectivity index (χ4v) is 18.4. The van der Waals surface area contributed by atoms with Crippen LogP contribution in [-0.2, 0) is 20.7 Å². The van der Waals surface area contributed by atoms with Gasteiger partial charge in [-0.3, -0.25) is 10.5 Å². The van der Waals surface area contributed by atoms with Crippen molar-refractivity contribution in [2.45, 2.75) is 20.6 Å². The van der Waals surface area contributed by atoms with Crippen LogP contribution in [0.4, 0.5) is 0 Å². The van der Waals surface area contributed by atoms with Gasteiger partial charge in [0.05, 0.1) is 20.6 Å². The largest absolute Gasteiger partial charge is 0.255 e. The van der Waals surface area contributed by atoms with Crippen molar-refractivity contribution >= 4 is 73.2 Å². The van der Waals surface area contributed by atoms with E-state index in [-0.39, 0.29) is 0 Å². The van der Waals surface area contributed by atoms with Crippen LogP contribution in [0.25, 0.3) is 98.1 Å². The van der Waals surface area contributed by atoms with E-state index in [0.29, 0.717) is 9.79 Å². The van der Waals surface area contributed by atoms with Crippen molar-refractivity contribution in [3.05, 3.63) is 308 Å². The maximum atomic E-state index is 14.0. The van der Waals surface area contributed by atoms with Gasteiger partial charge in [0, 0.05) is 40.2 Å². The first-order valence-electron chi connectivity index (χ1n) is 27.1. The quantitative estimate of drug-likeness (QED) is 0.117. The molecule has 2 spiro atoms. The third-order valence-electron chi connectivity index (χ3n) is 17.9. The van der Waals surface area contributed by atoms with Crippen LogP contribution in [0, 0.1) is 0 Å². The van der Waals surface area contributed by atoms with E-state index < -0.39 is 20.7 Å². The smallest absolute Gasteiger partial charge is 0.207 e. The van der Waals surface area contributed by atoms with Gasteiger partial charge in [-0.25, -0.2) is 8.42 Å². The molecule has 0 fully saturated rings. The Kier molecular flexibility index (Phi) is 11.1. The zero-order valence-corrected chi connectivity index (χ0v) is 48.3. The summed E-state index contributed by atoms with van der Waals surface area (Å²) in [5.41, 5.74) is 25.0. The lowest BCUT2D eigenvalue weighted by Crippen LogP contribution is -2.29. The normalized spacial score (nSPS) is 16.8. The molecule has 4 nitrogen and oxygen atoms in total. The highest BCUT2D eigenvalue weighted by Crippen LogP contribution is 2.65. The van der Waals surface area contributed by atoms with E-state index in [1.54, 1.807) is 12.1 Å². The van der Waals surface area contributed by atoms with Crippen LogP contribution in [0.2, 0.25) is 0 Å². The summed E-state index contributed by atoms with van der Waals surface area (Å²) in [5, 5.41) is 14.7. The topological polar surface area (TPSA) is 74.6 Å². The first kappa shape index (κ1) is 49.5. The summed E-state index contributed by atoms with van der Waals surface area (Å²) < 4.78 is 32.8. The second kappa shape index (κ2) is 18.3. The molecule has 4 aliphatic carbocycles. The Balaban J connectivity index is 0.000000131. The Bertz CT molecular complexity index is 5040. The first-order valence-corrected chi connectivity index (χ1v) is 31.0. The van der Waals surface area contributed by atoms with Gasteiger partial charge in [-0.1, -0.05) is 226 Å². The number of fused-ring (bicyclic) bond motifs is 30. The number of hydrogen-bond donors (Lipinski definition) is 2. The zero-order chi connectivity index (χ0) is 55.2. The molecule has 0 saturated heterocycles. The molecule has 12 aromatic carbocycles. The second-order valence-corrected chi connectivity index (χ2v) is 26.3. The highest BCUT2D eigenvalue weighted by molar-refractivity contribution is 9.10. The predicted octanol–water partition coefficient (Wildman–Crippen LogP) is 20.1. The van der Waals surface area contributed by atoms with Gasteiger partial charge in [0.25, 0.3) is 0 Å². The van der Waals surface area contributed by atoms with Gasteiger partial charge < -0.3 is 0 Å². The molecule has 2 heterocycles. The minimum absolute atomic E-state index is 0.387. The second-order valence-electron chi connectivity index (χ2n) is 21.5. The highest BCUT2D eigenvalue weighted by Gasteiger charge is 2.53. The fraction of sp³-hybridized carbons (Fsp3) is 0.0270. The molecule has 0 bridgehead atoms. The number of sulfone groups is 1. The molecule has 82 heavy (non-hydrogen) atoms. The van der Waals surface area contributed by atoms with Gasteiger partial charge in [0.2, 0.25) is 9.84 Å². The van der Waals surface area contributed by atoms with Crippen LogP contribution in [0.5, 0.6) is 0 Å². The van der Waals surface area contributed by atoms with E-state index in [2.05, 4.69) is 256 Å². The Morgan fingerprint density at radius 3 is 1.15 bits per heavy atom. The molecule has 390 valence electrons. The predicted molar refractivity (Wildman–Crippen MR) is 341 cm³/mol. The maximum absolute atomic E-state index is 14.0. The van der Waals surface area contributed by atoms with Crippen LogP contribution in [-0.4, -0.2) is 18.9 Å². The molecule has 0 saturated carbocycles. The summed E-state index contributed by atoms with van der Waals surface area (Å²) in [5.74, 6) is 0. The summed E-state index contributed by atoms with van der Waals surface area (Å²) in [6, 6.07) is 91.6. The third kappa shape index (κ3) is 6.56. The van der Waals surface area contributed by atoms with Gasteiger partial charge in [-0.15, -0.1) is 11.3 Å². The van der Waals surface area contributed by atoms with Gasteiger partial charge in [-0.2, -0.15) is 0 Å². The molecule has 13 aromatic rings. The SMILES string of the molecule is Brc1ccc2c(c1)C1(c3ccccc3-c3ccccc3-2)c2ccccc2-c2cc3c(cc21)sc1ccccc13.O=S1(=O)c2ccccc2-c2cc3c(cc21)C1(c2ccccc2-c2ccccc2-c2ccc(Br)cc21)c1ccccc1-3.OO. The Hall–Kier alpha value is -8.31. The molecular formula is C74H44Br2O4S2. The van der Waals surface area contributed by atoms with E-state index in [1.807, 2.05) is 29.5 Å². The molecule has 0 radical (unpaired) electrons. The maximum Gasteiger partial charge on any atom is 0.207 e. The number of thiophene rings is 1. The Morgan fingerprint density at radius 1 is 0.280 bits per heavy atom. The van der Waals surface area contributed by atoms with E-state index in [4.69, 9.17) is 10.5 Å². The molecule has 1 aliphatic heterocycles. The number of hydrogen-bond acceptors (Lipinski definition) is 5. The summed E-state index contributed by atoms with van der Waals surface area (Å²) in [6.07, 6.45) is 0. The lowest BCUT2D eigenvalue weighted by atomic mass is 9.66. The van der Waals surface area contributed by atoms with E-state index >= 15 is 0 Å². The first-order chi connectivity index (χ1) is 40.3. The van der Waals surface area contributed by atoms with Crippen molar-refractivity contribution < 1.29 is 18.9 Å². The summed E-state index contributed by atoms with van der Waals surface area (Å²) >= 11 is 9.57. The summed E-state index contributed by atoms with van der Waals surface area (Å²) in [7, 11) is -3.66. The van der Waals surface area contributed by atoms with Crippen molar-refractivity contribution in [1.82, 2.24) is 0 Å². The average molecular weight is 1220 g/mol. The van der Waals surface area contributed by atoms with Crippen LogP contribution >= 0.6 is 43.2 Å². The minimum atomic E-state index is -3.66. The van der Waals surface area contributed by atoms with Crippen molar-refractivity contribution in [2.75, 3.05) is 0 Å². The fourth-order valence-electron chi connectivity index (χ4n) is 14.8. The molecule has 2 atom stereocenters. The monoisotopic (exact) mass is 1220 g/mol. The molecular weight excluding hydrogens is 1180 g/mol. The Labute approximate surface area is 495 Å². The lowest BCUT2D eigenvalue weighted by molar-refractivity contribution is -0.176. The summed E-state index contributed by atoms with van der Waals surface area (Å²) in [4.78, 5) is 0.776. The van der Waals surface area contributed by atoms with E-state index in [9.17, 15) is 8.42 Å². The van der Waals surface area contributed by atoms with Crippen molar-refractivity contribution in [2.24, 2.45) is 0 Å². The minimum Gasteiger partial charge on any atom is -0.255 e. The van der Waals surface area contributed by atoms with E-state index in [1.165, 1.54) is 92.5 Å². The van der Waals surface area contributed by atoms with Crippen LogP contribution in [0.15, 0.2) is 274 Å². The average Bonchev–Trinajstić information content (AvgIpc) is 3.04. The summed E-state index contributed by atoms with van der Waals surface area (Å²) in [6.45, 7) is 0. The molecule has 8 heteroatoms. The van der Waals surface area contributed by atoms with Crippen LogP contribution in [0.3, 0.4) is 0 Å². The molecule has 5 aliphatic rings. The molecule has 18 rings (SSSR count). The van der Waals surface area contributed by atoms with Crippen LogP contribution < -0.4 is 0 Å². The standard InChI is InChI=1S/C37H21BrO2S.C37H21BrS.H2O2/c38-22-17-18-27-24-10-2-1-9-23(24)25-11-3-6-14-31(25)37(33(27)19-22)32-15-7-4-12-26(32)29-20-30-28-13-5-8-16-35(28)41(39,40)36(30)21-34(29)37;38-22-17-18-27-24-10-2-1-9-23(24)25-11-3-6-14-31(25)37(33(27)19-22)32-15-7-4-12-26(32)29-20-30-28-13-5-8-16-35(28)39-36(30)21-34(29)37;1-2/h1-21H;1-21H;1-2H. The third-order valence-corrected chi connectivity index (χ3v) is 21.9. The van der Waals surface area contributed by atoms with Crippen LogP contribution in [0.1, 0.15) is 44.5 Å². The molecule has 2 N–H and O–H groups in total. The van der Waals surface area contributed by atoms with Crippen molar-refractivity contribution in [3.8, 4) is 77.9 Å². The number of rotatable bonds is 0. The molecule has 0 amide bonds. The molecule has 2 unspecified atom stereocenters. The molecule has 1 aromatic heterocycles. The van der Waals surface area contributed by atoms with Gasteiger partial charge in [0.15, 0.2) is 0 Å².